The quantitative estimate of drug-likeness (QED) is 0.776. The van der Waals surface area contributed by atoms with E-state index >= 15 is 0 Å². The van der Waals surface area contributed by atoms with Gasteiger partial charge in [-0.2, -0.15) is 0 Å². The van der Waals surface area contributed by atoms with Gasteiger partial charge in [-0.3, -0.25) is 0 Å². The summed E-state index contributed by atoms with van der Waals surface area (Å²) in [6, 6.07) is 10.3. The van der Waals surface area contributed by atoms with Crippen LogP contribution in [-0.2, 0) is 6.61 Å². The number of para-hydroxylation sites is 1. The van der Waals surface area contributed by atoms with E-state index in [0.29, 0.717) is 6.61 Å². The summed E-state index contributed by atoms with van der Waals surface area (Å²) in [6.45, 7) is 4.58. The van der Waals surface area contributed by atoms with Crippen LogP contribution in [0, 0.1) is 38.6 Å². The van der Waals surface area contributed by atoms with E-state index < -0.39 is 0 Å². The second-order valence-corrected chi connectivity index (χ2v) is 5.96. The van der Waals surface area contributed by atoms with E-state index in [2.05, 4.69) is 22.4 Å². The van der Waals surface area contributed by atoms with Crippen molar-refractivity contribution >= 4 is 8.96 Å². The van der Waals surface area contributed by atoms with Gasteiger partial charge in [-0.25, -0.2) is 0 Å². The molecule has 19 heavy (non-hydrogen) atoms. The molecule has 1 aromatic heterocycles. The third-order valence-corrected chi connectivity index (χ3v) is 4.43. The molecule has 0 amide bonds. The number of rotatable bonds is 4. The molecule has 0 bridgehead atoms. The number of benzene rings is 1. The molecule has 0 spiro atoms. The summed E-state index contributed by atoms with van der Waals surface area (Å²) < 4.78 is 7.11. The van der Waals surface area contributed by atoms with Crippen LogP contribution in [0.2, 0.25) is 0 Å². The van der Waals surface area contributed by atoms with Gasteiger partial charge in [0, 0.05) is 0 Å². The Labute approximate surface area is 129 Å². The third-order valence-electron chi connectivity index (χ3n) is 2.95. The van der Waals surface area contributed by atoms with E-state index in [4.69, 9.17) is 4.74 Å². The summed E-state index contributed by atoms with van der Waals surface area (Å²) >= 11 is 1.65. The van der Waals surface area contributed by atoms with Crippen LogP contribution in [0.1, 0.15) is 16.8 Å². The summed E-state index contributed by atoms with van der Waals surface area (Å²) in [4.78, 5) is 4.51. The Morgan fingerprint density at radius 3 is 2.74 bits per heavy atom. The molecule has 2 rings (SSSR count). The average molecular weight is 451 g/mol. The maximum atomic E-state index is 5.86. The first-order valence-corrected chi connectivity index (χ1v) is 7.61. The number of pyridine rings is 1. The van der Waals surface area contributed by atoms with E-state index in [1.54, 1.807) is 24.7 Å². The second-order valence-electron chi connectivity index (χ2n) is 4.37. The van der Waals surface area contributed by atoms with E-state index in [-0.39, 0.29) is 0 Å². The fourth-order valence-corrected chi connectivity index (χ4v) is 2.63. The van der Waals surface area contributed by atoms with Crippen molar-refractivity contribution in [2.75, 3.05) is 12.4 Å². The van der Waals surface area contributed by atoms with Crippen LogP contribution in [-0.4, -0.2) is 12.0 Å². The number of anilines is 1. The van der Waals surface area contributed by atoms with Gasteiger partial charge in [0.2, 0.25) is 0 Å². The van der Waals surface area contributed by atoms with Crippen molar-refractivity contribution in [3.8, 4) is 5.88 Å². The molecule has 1 N–H and O–H groups in total. The molecule has 2 aromatic rings. The van der Waals surface area contributed by atoms with Gasteiger partial charge >= 0.3 is 129 Å². The molecule has 100 valence electrons. The second kappa shape index (κ2) is 6.34. The van der Waals surface area contributed by atoms with Crippen LogP contribution in [0.15, 0.2) is 30.3 Å². The molecule has 0 aliphatic carbocycles. The van der Waals surface area contributed by atoms with Crippen molar-refractivity contribution in [3.63, 3.8) is 0 Å². The maximum absolute atomic E-state index is 5.86. The van der Waals surface area contributed by atoms with Crippen LogP contribution in [0.3, 0.4) is 0 Å². The number of ether oxygens (including phenoxy) is 1. The number of nitrogens with zero attached hydrogens (tertiary/aromatic N) is 1. The monoisotopic (exact) mass is 451 g/mol. The van der Waals surface area contributed by atoms with Gasteiger partial charge in [-0.15, -0.1) is 0 Å². The minimum atomic E-state index is 0.526. The molecule has 4 heteroatoms. The third kappa shape index (κ3) is 3.44. The Morgan fingerprint density at radius 2 is 2.00 bits per heavy atom. The predicted molar refractivity (Wildman–Crippen MR) is 73.7 cm³/mol. The zero-order valence-electron chi connectivity index (χ0n) is 11.3. The first-order chi connectivity index (χ1) is 9.11. The molecular weight excluding hydrogens is 434 g/mol. The van der Waals surface area contributed by atoms with Crippen LogP contribution in [0.4, 0.5) is 5.69 Å². The Bertz CT molecular complexity index is 584. The molecule has 0 fully saturated rings. The summed E-state index contributed by atoms with van der Waals surface area (Å²) in [7, 11) is 1.92. The van der Waals surface area contributed by atoms with E-state index in [9.17, 15) is 0 Å². The van der Waals surface area contributed by atoms with Crippen molar-refractivity contribution in [2.24, 2.45) is 0 Å². The summed E-state index contributed by atoms with van der Waals surface area (Å²) in [5.74, 6) is 0.726. The number of hydrogen-bond acceptors (Lipinski definition) is 3. The molecule has 1 heterocycles. The number of aromatic nitrogens is 1. The van der Waals surface area contributed by atoms with Crippen LogP contribution < -0.4 is 13.3 Å². The molecule has 0 aliphatic heterocycles. The van der Waals surface area contributed by atoms with Gasteiger partial charge < -0.3 is 0 Å². The molecule has 0 aliphatic rings. The van der Waals surface area contributed by atoms with Crippen LogP contribution in [0.5, 0.6) is 5.88 Å². The molecule has 0 saturated carbocycles. The van der Waals surface area contributed by atoms with E-state index in [0.717, 1.165) is 28.4 Å². The van der Waals surface area contributed by atoms with E-state index in [1.165, 1.54) is 3.27 Å². The predicted octanol–water partition coefficient (Wildman–Crippen LogP) is 2.49. The zero-order valence-corrected chi connectivity index (χ0v) is 14.3. The summed E-state index contributed by atoms with van der Waals surface area (Å²) in [5, 5.41) is 3.17. The standard InChI is InChI=1S/C15H17AtN2O/c1-10-8-13(16)11(2)18-15(10)19-9-12-6-4-5-7-14(12)17-3/h4-8,17H,9H2,1-3H3. The molecule has 0 saturated heterocycles. The van der Waals surface area contributed by atoms with Crippen molar-refractivity contribution in [1.29, 1.82) is 0 Å². The van der Waals surface area contributed by atoms with Crippen molar-refractivity contribution in [3.05, 3.63) is 47.2 Å². The van der Waals surface area contributed by atoms with Crippen molar-refractivity contribution in [2.45, 2.75) is 20.5 Å². The first-order valence-electron chi connectivity index (χ1n) is 6.14. The normalized spacial score (nSPS) is 10.3. The Morgan fingerprint density at radius 1 is 1.26 bits per heavy atom. The molecule has 0 atom stereocenters. The minimum absolute atomic E-state index is 0.526. The van der Waals surface area contributed by atoms with Crippen LogP contribution >= 0.6 is 0 Å². The first kappa shape index (κ1) is 14.3. The fourth-order valence-electron chi connectivity index (χ4n) is 1.83. The number of hydrogen-bond donors (Lipinski definition) is 1. The van der Waals surface area contributed by atoms with Gasteiger partial charge in [-0.05, 0) is 0 Å². The summed E-state index contributed by atoms with van der Waals surface area (Å²) in [6.07, 6.45) is 0. The Balaban J connectivity index is 2.17. The SMILES string of the molecule is CNc1ccccc1COc1nc(C)c([At])cc1C. The van der Waals surface area contributed by atoms with Gasteiger partial charge in [0.15, 0.2) is 0 Å². The fraction of sp³-hybridized carbons (Fsp3) is 0.267. The summed E-state index contributed by atoms with van der Waals surface area (Å²) in [5.41, 5.74) is 4.35. The molecule has 0 unspecified atom stereocenters. The number of nitrogens with one attached hydrogen (secondary N) is 1. The van der Waals surface area contributed by atoms with Gasteiger partial charge in [-0.1, -0.05) is 0 Å². The Hall–Kier alpha value is -1.15. The van der Waals surface area contributed by atoms with Crippen LogP contribution in [0.25, 0.3) is 0 Å². The van der Waals surface area contributed by atoms with Crippen molar-refractivity contribution < 1.29 is 29.5 Å². The molecule has 0 radical (unpaired) electrons. The molecular formula is C15H17AtN2O. The van der Waals surface area contributed by atoms with Gasteiger partial charge in [0.25, 0.3) is 0 Å². The molecule has 1 aromatic carbocycles. The molecule has 3 nitrogen and oxygen atoms in total. The average Bonchev–Trinajstić information content (AvgIpc) is 2.41. The van der Waals surface area contributed by atoms with Crippen molar-refractivity contribution in [1.82, 2.24) is 4.98 Å². The van der Waals surface area contributed by atoms with Gasteiger partial charge in [0.1, 0.15) is 0 Å². The number of aryl methyl sites for hydroxylation is 2. The zero-order chi connectivity index (χ0) is 13.8. The topological polar surface area (TPSA) is 34.1 Å². The van der Waals surface area contributed by atoms with E-state index in [1.807, 2.05) is 39.1 Å². The Kier molecular flexibility index (Phi) is 4.76. The van der Waals surface area contributed by atoms with Gasteiger partial charge in [0.05, 0.1) is 0 Å².